The van der Waals surface area contributed by atoms with Gasteiger partial charge >= 0.3 is 6.03 Å². The van der Waals surface area contributed by atoms with Crippen LogP contribution in [0.2, 0.25) is 0 Å². The third-order valence-electron chi connectivity index (χ3n) is 5.26. The normalized spacial score (nSPS) is 20.8. The van der Waals surface area contributed by atoms with Crippen LogP contribution in [0.25, 0.3) is 0 Å². The van der Waals surface area contributed by atoms with E-state index in [4.69, 9.17) is 0 Å². The highest BCUT2D eigenvalue weighted by atomic mass is 16.2. The molecule has 3 rings (SSSR count). The minimum absolute atomic E-state index is 0.0164. The van der Waals surface area contributed by atoms with Crippen molar-refractivity contribution in [2.45, 2.75) is 45.6 Å². The Labute approximate surface area is 150 Å². The molecule has 0 unspecified atom stereocenters. The number of nitrogens with zero attached hydrogens (tertiary/aromatic N) is 2. The molecule has 5 heteroatoms. The van der Waals surface area contributed by atoms with Crippen LogP contribution in [0.1, 0.15) is 37.8 Å². The van der Waals surface area contributed by atoms with E-state index < -0.39 is 0 Å². The van der Waals surface area contributed by atoms with E-state index >= 15 is 0 Å². The van der Waals surface area contributed by atoms with Crippen molar-refractivity contribution in [3.8, 4) is 0 Å². The summed E-state index contributed by atoms with van der Waals surface area (Å²) in [5, 5.41) is 3.21. The van der Waals surface area contributed by atoms with Gasteiger partial charge in [0.05, 0.1) is 0 Å². The molecule has 1 aromatic carbocycles. The molecule has 136 valence electrons. The van der Waals surface area contributed by atoms with Crippen LogP contribution in [-0.2, 0) is 17.6 Å². The van der Waals surface area contributed by atoms with E-state index in [0.29, 0.717) is 13.1 Å². The fourth-order valence-corrected chi connectivity index (χ4v) is 3.79. The molecule has 1 fully saturated rings. The Morgan fingerprint density at radius 1 is 1.04 bits per heavy atom. The number of benzene rings is 1. The molecule has 1 aliphatic heterocycles. The Morgan fingerprint density at radius 3 is 2.48 bits per heavy atom. The molecule has 1 heterocycles. The summed E-state index contributed by atoms with van der Waals surface area (Å²) in [7, 11) is 0. The number of hydrogen-bond acceptors (Lipinski definition) is 2. The third kappa shape index (κ3) is 4.33. The summed E-state index contributed by atoms with van der Waals surface area (Å²) < 4.78 is 0. The van der Waals surface area contributed by atoms with E-state index in [1.807, 2.05) is 23.6 Å². The average molecular weight is 343 g/mol. The number of amides is 3. The fraction of sp³-hybridized carbons (Fsp3) is 0.600. The smallest absolute Gasteiger partial charge is 0.317 e. The van der Waals surface area contributed by atoms with Gasteiger partial charge in [-0.05, 0) is 36.8 Å². The van der Waals surface area contributed by atoms with Gasteiger partial charge in [0.25, 0.3) is 0 Å². The zero-order valence-corrected chi connectivity index (χ0v) is 15.3. The first-order valence-electron chi connectivity index (χ1n) is 9.45. The lowest BCUT2D eigenvalue weighted by molar-refractivity contribution is -0.134. The van der Waals surface area contributed by atoms with Gasteiger partial charge in [0, 0.05) is 38.1 Å². The van der Waals surface area contributed by atoms with Gasteiger partial charge < -0.3 is 15.1 Å². The van der Waals surface area contributed by atoms with E-state index in [1.165, 1.54) is 11.1 Å². The summed E-state index contributed by atoms with van der Waals surface area (Å²) in [5.41, 5.74) is 2.76. The Hall–Kier alpha value is -2.04. The van der Waals surface area contributed by atoms with Crippen LogP contribution in [0.3, 0.4) is 0 Å². The summed E-state index contributed by atoms with van der Waals surface area (Å²) in [6.45, 7) is 6.58. The van der Waals surface area contributed by atoms with Crippen LogP contribution in [0.5, 0.6) is 0 Å². The molecule has 0 bridgehead atoms. The molecule has 0 saturated carbocycles. The predicted octanol–water partition coefficient (Wildman–Crippen LogP) is 2.44. The highest BCUT2D eigenvalue weighted by Crippen LogP contribution is 2.21. The Balaban J connectivity index is 1.53. The van der Waals surface area contributed by atoms with Crippen molar-refractivity contribution in [3.63, 3.8) is 0 Å². The van der Waals surface area contributed by atoms with Crippen molar-refractivity contribution >= 4 is 11.9 Å². The highest BCUT2D eigenvalue weighted by Gasteiger charge is 2.26. The first-order valence-corrected chi connectivity index (χ1v) is 9.45. The van der Waals surface area contributed by atoms with E-state index in [0.717, 1.165) is 38.8 Å². The van der Waals surface area contributed by atoms with E-state index in [9.17, 15) is 9.59 Å². The molecular formula is C20H29N3O2. The second kappa shape index (κ2) is 7.89. The molecule has 25 heavy (non-hydrogen) atoms. The van der Waals surface area contributed by atoms with Crippen molar-refractivity contribution in [1.82, 2.24) is 15.1 Å². The Kier molecular flexibility index (Phi) is 5.61. The van der Waals surface area contributed by atoms with Gasteiger partial charge in [-0.15, -0.1) is 0 Å². The molecule has 1 aliphatic carbocycles. The maximum Gasteiger partial charge on any atom is 0.317 e. The van der Waals surface area contributed by atoms with Crippen LogP contribution in [0.15, 0.2) is 24.3 Å². The molecule has 1 N–H and O–H groups in total. The number of aryl methyl sites for hydroxylation is 1. The molecule has 0 aromatic heterocycles. The maximum atomic E-state index is 12.7. The molecule has 3 amide bonds. The van der Waals surface area contributed by atoms with Crippen LogP contribution in [0.4, 0.5) is 4.79 Å². The van der Waals surface area contributed by atoms with Crippen LogP contribution >= 0.6 is 0 Å². The van der Waals surface area contributed by atoms with E-state index in [-0.39, 0.29) is 23.9 Å². The van der Waals surface area contributed by atoms with Gasteiger partial charge in [-0.25, -0.2) is 4.79 Å². The minimum Gasteiger partial charge on any atom is -0.341 e. The highest BCUT2D eigenvalue weighted by molar-refractivity contribution is 5.78. The fourth-order valence-electron chi connectivity index (χ4n) is 3.79. The lowest BCUT2D eigenvalue weighted by Gasteiger charge is -2.29. The van der Waals surface area contributed by atoms with Crippen molar-refractivity contribution in [2.24, 2.45) is 5.92 Å². The summed E-state index contributed by atoms with van der Waals surface area (Å²) in [5.74, 6) is 0.203. The maximum absolute atomic E-state index is 12.7. The first kappa shape index (κ1) is 17.8. The number of rotatable bonds is 2. The standard InChI is InChI=1S/C20H29N3O2/c1-15(2)19(24)22-10-5-11-23(13-12-22)20(25)21-18-9-8-16-6-3-4-7-17(16)14-18/h3-4,6-7,15,18H,5,8-14H2,1-2H3,(H,21,25)/t18-/m1/s1. The molecule has 5 nitrogen and oxygen atoms in total. The summed E-state index contributed by atoms with van der Waals surface area (Å²) >= 11 is 0. The van der Waals surface area contributed by atoms with Crippen LogP contribution in [-0.4, -0.2) is 54.0 Å². The molecule has 0 spiro atoms. The summed E-state index contributed by atoms with van der Waals surface area (Å²) in [4.78, 5) is 28.6. The molecule has 1 aromatic rings. The molecular weight excluding hydrogens is 314 g/mol. The number of nitrogens with one attached hydrogen (secondary N) is 1. The summed E-state index contributed by atoms with van der Waals surface area (Å²) in [6, 6.07) is 8.72. The number of carbonyl (C=O) groups is 2. The number of hydrogen-bond donors (Lipinski definition) is 1. The van der Waals surface area contributed by atoms with Crippen LogP contribution < -0.4 is 5.32 Å². The summed E-state index contributed by atoms with van der Waals surface area (Å²) in [6.07, 6.45) is 3.78. The number of carbonyl (C=O) groups excluding carboxylic acids is 2. The Bertz CT molecular complexity index is 629. The van der Waals surface area contributed by atoms with E-state index in [2.05, 4.69) is 29.6 Å². The molecule has 0 radical (unpaired) electrons. The van der Waals surface area contributed by atoms with Crippen molar-refractivity contribution in [3.05, 3.63) is 35.4 Å². The Morgan fingerprint density at radius 2 is 1.72 bits per heavy atom. The van der Waals surface area contributed by atoms with Gasteiger partial charge in [-0.2, -0.15) is 0 Å². The topological polar surface area (TPSA) is 52.7 Å². The van der Waals surface area contributed by atoms with Crippen molar-refractivity contribution in [1.29, 1.82) is 0 Å². The van der Waals surface area contributed by atoms with Gasteiger partial charge in [0.15, 0.2) is 0 Å². The minimum atomic E-state index is 0.0164. The van der Waals surface area contributed by atoms with E-state index in [1.54, 1.807) is 0 Å². The molecule has 1 saturated heterocycles. The van der Waals surface area contributed by atoms with Crippen LogP contribution in [0, 0.1) is 5.92 Å². The largest absolute Gasteiger partial charge is 0.341 e. The quantitative estimate of drug-likeness (QED) is 0.897. The van der Waals surface area contributed by atoms with Gasteiger partial charge in [0.2, 0.25) is 5.91 Å². The average Bonchev–Trinajstić information content (AvgIpc) is 2.87. The molecule has 1 atom stereocenters. The second-order valence-electron chi connectivity index (χ2n) is 7.48. The monoisotopic (exact) mass is 343 g/mol. The molecule has 2 aliphatic rings. The second-order valence-corrected chi connectivity index (χ2v) is 7.48. The van der Waals surface area contributed by atoms with Crippen molar-refractivity contribution < 1.29 is 9.59 Å². The lowest BCUT2D eigenvalue weighted by atomic mass is 9.88. The zero-order valence-electron chi connectivity index (χ0n) is 15.3. The van der Waals surface area contributed by atoms with Gasteiger partial charge in [0.1, 0.15) is 0 Å². The predicted molar refractivity (Wildman–Crippen MR) is 98.4 cm³/mol. The zero-order chi connectivity index (χ0) is 17.8. The third-order valence-corrected chi connectivity index (χ3v) is 5.26. The number of urea groups is 1. The van der Waals surface area contributed by atoms with Gasteiger partial charge in [-0.1, -0.05) is 38.1 Å². The number of fused-ring (bicyclic) bond motifs is 1. The first-order chi connectivity index (χ1) is 12.0. The van der Waals surface area contributed by atoms with Crippen molar-refractivity contribution in [2.75, 3.05) is 26.2 Å². The SMILES string of the molecule is CC(C)C(=O)N1CCCN(C(=O)N[C@@H]2CCc3ccccc3C2)CC1. The van der Waals surface area contributed by atoms with Gasteiger partial charge in [-0.3, -0.25) is 4.79 Å². The lowest BCUT2D eigenvalue weighted by Crippen LogP contribution is -2.48.